The third kappa shape index (κ3) is 2.50. The van der Waals surface area contributed by atoms with Crippen LogP contribution in [0.4, 0.5) is 0 Å². The highest BCUT2D eigenvalue weighted by Gasteiger charge is 1.95. The van der Waals surface area contributed by atoms with Gasteiger partial charge in [0.25, 0.3) is 0 Å². The molecule has 1 aromatic carbocycles. The first-order chi connectivity index (χ1) is 5.74. The average Bonchev–Trinajstić information content (AvgIpc) is 2.06. The quantitative estimate of drug-likeness (QED) is 0.574. The molecule has 0 spiro atoms. The van der Waals surface area contributed by atoms with Crippen molar-refractivity contribution in [3.63, 3.8) is 0 Å². The van der Waals surface area contributed by atoms with E-state index in [2.05, 4.69) is 22.6 Å². The summed E-state index contributed by atoms with van der Waals surface area (Å²) in [6, 6.07) is 9.55. The monoisotopic (exact) mass is 289 g/mol. The molecule has 1 rings (SSSR count). The van der Waals surface area contributed by atoms with Crippen molar-refractivity contribution in [3.05, 3.63) is 39.5 Å². The lowest BCUT2D eigenvalue weighted by Crippen LogP contribution is -1.76. The summed E-state index contributed by atoms with van der Waals surface area (Å²) < 4.78 is 1.15. The van der Waals surface area contributed by atoms with Gasteiger partial charge in [0.2, 0.25) is 0 Å². The fourth-order valence-electron chi connectivity index (χ4n) is 0.749. The maximum Gasteiger partial charge on any atom is 0.0927 e. The number of hydrogen-bond acceptors (Lipinski definition) is 1. The van der Waals surface area contributed by atoms with E-state index in [4.69, 9.17) is 16.9 Å². The Morgan fingerprint density at radius 2 is 2.00 bits per heavy atom. The van der Waals surface area contributed by atoms with Crippen molar-refractivity contribution in [1.29, 1.82) is 5.26 Å². The first-order valence-electron chi connectivity index (χ1n) is 3.25. The van der Waals surface area contributed by atoms with Crippen LogP contribution in [-0.2, 0) is 0 Å². The number of allylic oxidation sites excluding steroid dienone is 1. The number of benzene rings is 1. The highest BCUT2D eigenvalue weighted by Crippen LogP contribution is 2.19. The molecular weight excluding hydrogens is 284 g/mol. The molecule has 0 aliphatic carbocycles. The third-order valence-corrected chi connectivity index (χ3v) is 2.36. The molecule has 0 aliphatic heterocycles. The van der Waals surface area contributed by atoms with E-state index in [1.165, 1.54) is 6.08 Å². The molecule has 0 fully saturated rings. The molecule has 0 heterocycles. The van der Waals surface area contributed by atoms with Gasteiger partial charge in [0.05, 0.1) is 11.1 Å². The molecule has 0 aromatic heterocycles. The fourth-order valence-corrected chi connectivity index (χ4v) is 1.28. The number of halogens is 2. The highest BCUT2D eigenvalue weighted by molar-refractivity contribution is 14.1. The second-order valence-corrected chi connectivity index (χ2v) is 3.78. The minimum atomic E-state index is 0.480. The lowest BCUT2D eigenvalue weighted by Gasteiger charge is -1.96. The lowest BCUT2D eigenvalue weighted by molar-refractivity contribution is 1.53. The van der Waals surface area contributed by atoms with Crippen molar-refractivity contribution < 1.29 is 0 Å². The number of hydrogen-bond donors (Lipinski definition) is 0. The van der Waals surface area contributed by atoms with Crippen molar-refractivity contribution >= 4 is 39.2 Å². The van der Waals surface area contributed by atoms with Gasteiger partial charge in [-0.3, -0.25) is 0 Å². The van der Waals surface area contributed by atoms with E-state index in [1.807, 2.05) is 30.3 Å². The van der Waals surface area contributed by atoms with Gasteiger partial charge in [-0.2, -0.15) is 5.26 Å². The van der Waals surface area contributed by atoms with E-state index in [9.17, 15) is 0 Å². The summed E-state index contributed by atoms with van der Waals surface area (Å²) in [5.74, 6) is 0. The Morgan fingerprint density at radius 1 is 1.42 bits per heavy atom. The number of nitrogens with zero attached hydrogens (tertiary/aromatic N) is 1. The standard InChI is InChI=1S/C9H5ClIN/c10-9(5-6-12)7-1-3-8(11)4-2-7/h1-5H/b9-5-. The van der Waals surface area contributed by atoms with Crippen LogP contribution in [0.2, 0.25) is 0 Å². The number of rotatable bonds is 1. The summed E-state index contributed by atoms with van der Waals surface area (Å²) in [7, 11) is 0. The van der Waals surface area contributed by atoms with E-state index >= 15 is 0 Å². The minimum Gasteiger partial charge on any atom is -0.193 e. The van der Waals surface area contributed by atoms with Gasteiger partial charge in [0, 0.05) is 9.65 Å². The molecule has 1 nitrogen and oxygen atoms in total. The average molecular weight is 290 g/mol. The SMILES string of the molecule is N#C/C=C(\Cl)c1ccc(I)cc1. The molecule has 0 saturated heterocycles. The Kier molecular flexibility index (Phi) is 3.57. The zero-order valence-corrected chi connectivity index (χ0v) is 9.00. The van der Waals surface area contributed by atoms with Gasteiger partial charge in [-0.15, -0.1) is 0 Å². The summed E-state index contributed by atoms with van der Waals surface area (Å²) in [6.07, 6.45) is 1.32. The molecule has 60 valence electrons. The smallest absolute Gasteiger partial charge is 0.0927 e. The molecule has 0 saturated carbocycles. The maximum absolute atomic E-state index is 8.34. The molecule has 0 atom stereocenters. The minimum absolute atomic E-state index is 0.480. The van der Waals surface area contributed by atoms with Gasteiger partial charge < -0.3 is 0 Å². The van der Waals surface area contributed by atoms with Crippen LogP contribution in [0.15, 0.2) is 30.3 Å². The van der Waals surface area contributed by atoms with Gasteiger partial charge in [-0.1, -0.05) is 23.7 Å². The Bertz CT molecular complexity index is 335. The normalized spacial score (nSPS) is 10.9. The third-order valence-electron chi connectivity index (χ3n) is 1.31. The first-order valence-corrected chi connectivity index (χ1v) is 4.71. The zero-order valence-electron chi connectivity index (χ0n) is 6.09. The predicted octanol–water partition coefficient (Wildman–Crippen LogP) is 3.39. The van der Waals surface area contributed by atoms with Crippen molar-refractivity contribution in [1.82, 2.24) is 0 Å². The molecular formula is C9H5ClIN. The summed E-state index contributed by atoms with van der Waals surface area (Å²) in [5, 5.41) is 8.82. The van der Waals surface area contributed by atoms with Crippen LogP contribution in [0.1, 0.15) is 5.56 Å². The lowest BCUT2D eigenvalue weighted by atomic mass is 10.2. The Labute approximate surface area is 89.8 Å². The molecule has 0 radical (unpaired) electrons. The van der Waals surface area contributed by atoms with Crippen LogP contribution in [0, 0.1) is 14.9 Å². The highest BCUT2D eigenvalue weighted by atomic mass is 127. The van der Waals surface area contributed by atoms with Gasteiger partial charge in [-0.25, -0.2) is 0 Å². The molecule has 3 heteroatoms. The summed E-state index contributed by atoms with van der Waals surface area (Å²) in [5.41, 5.74) is 0.874. The van der Waals surface area contributed by atoms with Gasteiger partial charge in [0.1, 0.15) is 0 Å². The zero-order chi connectivity index (χ0) is 8.97. The van der Waals surface area contributed by atoms with Crippen LogP contribution in [0.25, 0.3) is 5.03 Å². The number of nitriles is 1. The predicted molar refractivity (Wildman–Crippen MR) is 58.6 cm³/mol. The molecule has 0 unspecified atom stereocenters. The van der Waals surface area contributed by atoms with Gasteiger partial charge >= 0.3 is 0 Å². The molecule has 0 aliphatic rings. The maximum atomic E-state index is 8.34. The Hall–Kier alpha value is -0.530. The van der Waals surface area contributed by atoms with Crippen molar-refractivity contribution in [3.8, 4) is 6.07 Å². The van der Waals surface area contributed by atoms with Gasteiger partial charge in [0.15, 0.2) is 0 Å². The van der Waals surface area contributed by atoms with Crippen molar-refractivity contribution in [2.45, 2.75) is 0 Å². The Balaban J connectivity index is 2.99. The fraction of sp³-hybridized carbons (Fsp3) is 0. The molecule has 0 bridgehead atoms. The van der Waals surface area contributed by atoms with Crippen LogP contribution >= 0.6 is 34.2 Å². The van der Waals surface area contributed by atoms with Crippen LogP contribution < -0.4 is 0 Å². The van der Waals surface area contributed by atoms with Crippen molar-refractivity contribution in [2.24, 2.45) is 0 Å². The first kappa shape index (κ1) is 9.56. The van der Waals surface area contributed by atoms with Crippen LogP contribution in [0.5, 0.6) is 0 Å². The molecule has 1 aromatic rings. The second-order valence-electron chi connectivity index (χ2n) is 2.13. The van der Waals surface area contributed by atoms with E-state index < -0.39 is 0 Å². The Morgan fingerprint density at radius 3 is 2.50 bits per heavy atom. The van der Waals surface area contributed by atoms with Gasteiger partial charge in [-0.05, 0) is 40.3 Å². The summed E-state index contributed by atoms with van der Waals surface area (Å²) in [4.78, 5) is 0. The summed E-state index contributed by atoms with van der Waals surface area (Å²) in [6.45, 7) is 0. The van der Waals surface area contributed by atoms with E-state index in [1.54, 1.807) is 0 Å². The topological polar surface area (TPSA) is 23.8 Å². The summed E-state index contributed by atoms with van der Waals surface area (Å²) >= 11 is 8.01. The van der Waals surface area contributed by atoms with Crippen molar-refractivity contribution in [2.75, 3.05) is 0 Å². The molecule has 0 amide bonds. The van der Waals surface area contributed by atoms with E-state index in [0.717, 1.165) is 9.13 Å². The van der Waals surface area contributed by atoms with Crippen LogP contribution in [-0.4, -0.2) is 0 Å². The van der Waals surface area contributed by atoms with Crippen LogP contribution in [0.3, 0.4) is 0 Å². The largest absolute Gasteiger partial charge is 0.193 e. The second kappa shape index (κ2) is 4.48. The van der Waals surface area contributed by atoms with E-state index in [0.29, 0.717) is 5.03 Å². The van der Waals surface area contributed by atoms with E-state index in [-0.39, 0.29) is 0 Å². The molecule has 12 heavy (non-hydrogen) atoms. The molecule has 0 N–H and O–H groups in total.